The Hall–Kier alpha value is -2.39. The number of alkyl halides is 3. The van der Waals surface area contributed by atoms with Crippen LogP contribution in [0.15, 0.2) is 0 Å². The van der Waals surface area contributed by atoms with Crippen LogP contribution < -0.4 is 10.2 Å². The maximum Gasteiger partial charge on any atom is 0.451 e. The number of hydrogen-bond acceptors (Lipinski definition) is 5. The Morgan fingerprint density at radius 2 is 2.04 bits per heavy atom. The van der Waals surface area contributed by atoms with Gasteiger partial charge in [0, 0.05) is 30.9 Å². The Bertz CT molecular complexity index is 737. The third-order valence-corrected chi connectivity index (χ3v) is 4.78. The average Bonchev–Trinajstić information content (AvgIpc) is 3.00. The quantitative estimate of drug-likeness (QED) is 0.822. The zero-order chi connectivity index (χ0) is 17.9. The number of carbonyl (C=O) groups is 2. The first kappa shape index (κ1) is 16.5. The fourth-order valence-corrected chi connectivity index (χ4v) is 3.29. The van der Waals surface area contributed by atoms with Gasteiger partial charge in [0.25, 0.3) is 0 Å². The van der Waals surface area contributed by atoms with Crippen molar-refractivity contribution in [3.05, 3.63) is 17.1 Å². The van der Waals surface area contributed by atoms with Crippen LogP contribution in [-0.2, 0) is 15.8 Å². The number of carboxylic acid groups (broad SMARTS) is 1. The second-order valence-electron chi connectivity index (χ2n) is 6.19. The number of aromatic nitrogens is 2. The van der Waals surface area contributed by atoms with E-state index in [0.717, 1.165) is 0 Å². The van der Waals surface area contributed by atoms with Crippen molar-refractivity contribution in [2.75, 3.05) is 24.5 Å². The SMILES string of the molecule is Cc1nc(C(F)(F)F)nc(N2C[C@@H]3C(=O)NC[C@]3(C(=O)O)C2)c1C. The zero-order valence-electron chi connectivity index (χ0n) is 12.9. The van der Waals surface area contributed by atoms with Crippen molar-refractivity contribution in [2.24, 2.45) is 11.3 Å². The first-order valence-electron chi connectivity index (χ1n) is 7.25. The summed E-state index contributed by atoms with van der Waals surface area (Å²) in [4.78, 5) is 32.1. The minimum Gasteiger partial charge on any atom is -0.481 e. The summed E-state index contributed by atoms with van der Waals surface area (Å²) in [7, 11) is 0. The van der Waals surface area contributed by atoms with Gasteiger partial charge in [-0.25, -0.2) is 9.97 Å². The van der Waals surface area contributed by atoms with E-state index in [1.54, 1.807) is 6.92 Å². The van der Waals surface area contributed by atoms with Crippen LogP contribution in [0.25, 0.3) is 0 Å². The normalized spacial score (nSPS) is 26.5. The summed E-state index contributed by atoms with van der Waals surface area (Å²) in [6.45, 7) is 2.89. The van der Waals surface area contributed by atoms with E-state index in [-0.39, 0.29) is 31.1 Å². The van der Waals surface area contributed by atoms with Gasteiger partial charge in [0.05, 0.1) is 5.92 Å². The Morgan fingerprint density at radius 3 is 2.58 bits per heavy atom. The summed E-state index contributed by atoms with van der Waals surface area (Å²) in [5.41, 5.74) is -0.747. The van der Waals surface area contributed by atoms with Crippen LogP contribution in [0.4, 0.5) is 19.0 Å². The molecule has 1 aromatic rings. The van der Waals surface area contributed by atoms with E-state index in [1.165, 1.54) is 11.8 Å². The van der Waals surface area contributed by atoms with Gasteiger partial charge in [0.2, 0.25) is 11.7 Å². The van der Waals surface area contributed by atoms with Crippen LogP contribution in [0.3, 0.4) is 0 Å². The second-order valence-corrected chi connectivity index (χ2v) is 6.19. The molecule has 0 unspecified atom stereocenters. The monoisotopic (exact) mass is 344 g/mol. The number of nitrogens with one attached hydrogen (secondary N) is 1. The average molecular weight is 344 g/mol. The number of nitrogens with zero attached hydrogens (tertiary/aromatic N) is 3. The number of carbonyl (C=O) groups excluding carboxylic acids is 1. The fraction of sp³-hybridized carbons (Fsp3) is 0.571. The topological polar surface area (TPSA) is 95.4 Å². The Labute approximate surface area is 134 Å². The van der Waals surface area contributed by atoms with Gasteiger partial charge in [-0.3, -0.25) is 9.59 Å². The van der Waals surface area contributed by atoms with Gasteiger partial charge < -0.3 is 15.3 Å². The van der Waals surface area contributed by atoms with E-state index in [9.17, 15) is 27.9 Å². The number of fused-ring (bicyclic) bond motifs is 1. The van der Waals surface area contributed by atoms with Crippen LogP contribution in [0.5, 0.6) is 0 Å². The standard InChI is InChI=1S/C14H15F3N4O3/c1-6-7(2)19-11(14(15,16)17)20-9(6)21-3-8-10(22)18-4-13(8,5-21)12(23)24/h8H,3-5H2,1-2H3,(H,18,22)(H,23,24)/t8-,13+/m1/s1. The van der Waals surface area contributed by atoms with E-state index < -0.39 is 35.2 Å². The van der Waals surface area contributed by atoms with Gasteiger partial charge in [-0.05, 0) is 13.8 Å². The second kappa shape index (κ2) is 5.05. The molecule has 0 aliphatic carbocycles. The highest BCUT2D eigenvalue weighted by Crippen LogP contribution is 2.42. The van der Waals surface area contributed by atoms with Gasteiger partial charge in [0.1, 0.15) is 11.2 Å². The molecule has 1 aromatic heterocycles. The van der Waals surface area contributed by atoms with E-state index in [1.807, 2.05) is 0 Å². The lowest BCUT2D eigenvalue weighted by atomic mass is 9.81. The lowest BCUT2D eigenvalue weighted by Crippen LogP contribution is -2.40. The van der Waals surface area contributed by atoms with E-state index in [4.69, 9.17) is 0 Å². The van der Waals surface area contributed by atoms with E-state index >= 15 is 0 Å². The van der Waals surface area contributed by atoms with Crippen molar-refractivity contribution in [3.63, 3.8) is 0 Å². The molecule has 7 nitrogen and oxygen atoms in total. The molecular weight excluding hydrogens is 329 g/mol. The minimum absolute atomic E-state index is 0.00667. The van der Waals surface area contributed by atoms with Gasteiger partial charge in [-0.2, -0.15) is 13.2 Å². The molecule has 2 fully saturated rings. The van der Waals surface area contributed by atoms with Crippen LogP contribution in [0, 0.1) is 25.2 Å². The first-order valence-corrected chi connectivity index (χ1v) is 7.25. The van der Waals surface area contributed by atoms with Crippen molar-refractivity contribution >= 4 is 17.7 Å². The lowest BCUT2D eigenvalue weighted by Gasteiger charge is -2.24. The molecule has 3 heterocycles. The van der Waals surface area contributed by atoms with Gasteiger partial charge in [0.15, 0.2) is 0 Å². The first-order chi connectivity index (χ1) is 11.1. The Morgan fingerprint density at radius 1 is 1.38 bits per heavy atom. The molecule has 2 saturated heterocycles. The maximum absolute atomic E-state index is 13.0. The molecule has 1 amide bonds. The third-order valence-electron chi connectivity index (χ3n) is 4.78. The molecule has 2 aliphatic heterocycles. The van der Waals surface area contributed by atoms with E-state index in [0.29, 0.717) is 5.56 Å². The van der Waals surface area contributed by atoms with Gasteiger partial charge in [-0.1, -0.05) is 0 Å². The van der Waals surface area contributed by atoms with Crippen molar-refractivity contribution in [2.45, 2.75) is 20.0 Å². The van der Waals surface area contributed by atoms with Crippen LogP contribution in [-0.4, -0.2) is 46.6 Å². The highest BCUT2D eigenvalue weighted by atomic mass is 19.4. The predicted molar refractivity (Wildman–Crippen MR) is 75.3 cm³/mol. The number of carboxylic acids is 1. The van der Waals surface area contributed by atoms with Crippen LogP contribution in [0.1, 0.15) is 17.1 Å². The fourth-order valence-electron chi connectivity index (χ4n) is 3.29. The summed E-state index contributed by atoms with van der Waals surface area (Å²) in [6, 6.07) is 0. The molecule has 130 valence electrons. The third kappa shape index (κ3) is 2.28. The number of amides is 1. The Balaban J connectivity index is 2.04. The molecule has 3 rings (SSSR count). The maximum atomic E-state index is 13.0. The lowest BCUT2D eigenvalue weighted by molar-refractivity contribution is -0.149. The van der Waals surface area contributed by atoms with Gasteiger partial charge >= 0.3 is 12.1 Å². The summed E-state index contributed by atoms with van der Waals surface area (Å²) >= 11 is 0. The summed E-state index contributed by atoms with van der Waals surface area (Å²) in [5, 5.41) is 12.1. The zero-order valence-corrected chi connectivity index (χ0v) is 12.9. The highest BCUT2D eigenvalue weighted by molar-refractivity contribution is 5.93. The number of halogens is 3. The molecule has 0 aromatic carbocycles. The van der Waals surface area contributed by atoms with Crippen LogP contribution >= 0.6 is 0 Å². The highest BCUT2D eigenvalue weighted by Gasteiger charge is 2.60. The molecule has 24 heavy (non-hydrogen) atoms. The van der Waals surface area contributed by atoms with Crippen LogP contribution in [0.2, 0.25) is 0 Å². The molecule has 2 N–H and O–H groups in total. The smallest absolute Gasteiger partial charge is 0.451 e. The van der Waals surface area contributed by atoms with E-state index in [2.05, 4.69) is 15.3 Å². The summed E-state index contributed by atoms with van der Waals surface area (Å²) in [6.07, 6.45) is -4.70. The largest absolute Gasteiger partial charge is 0.481 e. The molecule has 10 heteroatoms. The molecule has 2 atom stereocenters. The number of anilines is 1. The molecule has 0 saturated carbocycles. The number of aliphatic carboxylic acids is 1. The molecule has 0 radical (unpaired) electrons. The number of aryl methyl sites for hydroxylation is 1. The number of rotatable bonds is 2. The molecule has 0 spiro atoms. The summed E-state index contributed by atoms with van der Waals surface area (Å²) < 4.78 is 38.9. The predicted octanol–water partition coefficient (Wildman–Crippen LogP) is 0.749. The minimum atomic E-state index is -4.70. The van der Waals surface area contributed by atoms with Crippen molar-refractivity contribution in [3.8, 4) is 0 Å². The molecule has 0 bridgehead atoms. The summed E-state index contributed by atoms with van der Waals surface area (Å²) in [5.74, 6) is -3.62. The van der Waals surface area contributed by atoms with Crippen molar-refractivity contribution < 1.29 is 27.9 Å². The molecular formula is C14H15F3N4O3. The Kier molecular flexibility index (Phi) is 3.47. The molecule has 2 aliphatic rings. The van der Waals surface area contributed by atoms with Gasteiger partial charge in [-0.15, -0.1) is 0 Å². The number of hydrogen-bond donors (Lipinski definition) is 2. The van der Waals surface area contributed by atoms with Crippen molar-refractivity contribution in [1.29, 1.82) is 0 Å². The van der Waals surface area contributed by atoms with Crippen molar-refractivity contribution in [1.82, 2.24) is 15.3 Å².